The van der Waals surface area contributed by atoms with Gasteiger partial charge in [0.15, 0.2) is 0 Å². The molecular weight excluding hydrogens is 308 g/mol. The molecule has 0 N–H and O–H groups in total. The molecule has 0 radical (unpaired) electrons. The Hall–Kier alpha value is -0.0800. The van der Waals surface area contributed by atoms with E-state index in [0.29, 0.717) is 22.3 Å². The average Bonchev–Trinajstić information content (AvgIpc) is 2.86. The third-order valence-electron chi connectivity index (χ3n) is 8.27. The summed E-state index contributed by atoms with van der Waals surface area (Å²) in [5, 5.41) is 0. The molecule has 3 fully saturated rings. The maximum atomic E-state index is 6.47. The van der Waals surface area contributed by atoms with Crippen LogP contribution in [0.5, 0.6) is 0 Å². The zero-order valence-electron chi connectivity index (χ0n) is 17.7. The second kappa shape index (κ2) is 7.15. The van der Waals surface area contributed by atoms with Crippen molar-refractivity contribution in [2.24, 2.45) is 34.0 Å². The fourth-order valence-electron chi connectivity index (χ4n) is 7.14. The van der Waals surface area contributed by atoms with Crippen molar-refractivity contribution in [3.63, 3.8) is 0 Å². The fourth-order valence-corrected chi connectivity index (χ4v) is 7.14. The predicted molar refractivity (Wildman–Crippen MR) is 105 cm³/mol. The predicted octanol–water partition coefficient (Wildman–Crippen LogP) is 6.09. The van der Waals surface area contributed by atoms with Gasteiger partial charge in [0.25, 0.3) is 0 Å². The van der Waals surface area contributed by atoms with Crippen molar-refractivity contribution in [1.29, 1.82) is 0 Å². The molecule has 0 aromatic heterocycles. The Morgan fingerprint density at radius 3 is 2.48 bits per heavy atom. The zero-order chi connectivity index (χ0) is 18.3. The lowest BCUT2D eigenvalue weighted by molar-refractivity contribution is -0.0417. The smallest absolute Gasteiger partial charge is 0.0582 e. The van der Waals surface area contributed by atoms with E-state index in [1.54, 1.807) is 0 Å². The van der Waals surface area contributed by atoms with Crippen LogP contribution in [0.4, 0.5) is 0 Å². The molecule has 25 heavy (non-hydrogen) atoms. The molecule has 2 nitrogen and oxygen atoms in total. The first-order valence-electron chi connectivity index (χ1n) is 10.9. The molecule has 5 unspecified atom stereocenters. The molecule has 2 bridgehead atoms. The molecule has 0 spiro atoms. The van der Waals surface area contributed by atoms with Gasteiger partial charge in [0.1, 0.15) is 0 Å². The van der Waals surface area contributed by atoms with E-state index in [1.165, 1.54) is 44.9 Å². The summed E-state index contributed by atoms with van der Waals surface area (Å²) >= 11 is 0. The first-order chi connectivity index (χ1) is 11.7. The Kier molecular flexibility index (Phi) is 5.63. The molecule has 3 rings (SSSR count). The highest BCUT2D eigenvalue weighted by Crippen LogP contribution is 2.69. The quantitative estimate of drug-likeness (QED) is 0.553. The van der Waals surface area contributed by atoms with E-state index >= 15 is 0 Å². The van der Waals surface area contributed by atoms with Crippen molar-refractivity contribution in [1.82, 2.24) is 0 Å². The topological polar surface area (TPSA) is 18.5 Å². The summed E-state index contributed by atoms with van der Waals surface area (Å²) in [6.45, 7) is 17.2. The van der Waals surface area contributed by atoms with Crippen LogP contribution in [0.15, 0.2) is 0 Å². The number of ether oxygens (including phenoxy) is 2. The monoisotopic (exact) mass is 350 g/mol. The molecule has 0 aromatic carbocycles. The van der Waals surface area contributed by atoms with Crippen molar-refractivity contribution in [2.75, 3.05) is 19.8 Å². The van der Waals surface area contributed by atoms with Crippen LogP contribution in [0, 0.1) is 34.0 Å². The number of rotatable bonds is 7. The summed E-state index contributed by atoms with van der Waals surface area (Å²) in [6, 6.07) is 0. The molecule has 0 saturated heterocycles. The second-order valence-electron chi connectivity index (χ2n) is 10.9. The van der Waals surface area contributed by atoms with Crippen LogP contribution in [0.1, 0.15) is 86.5 Å². The number of hydrogen-bond acceptors (Lipinski definition) is 2. The van der Waals surface area contributed by atoms with Gasteiger partial charge in [-0.15, -0.1) is 0 Å². The van der Waals surface area contributed by atoms with Gasteiger partial charge in [-0.05, 0) is 85.9 Å². The summed E-state index contributed by atoms with van der Waals surface area (Å²) in [7, 11) is 0. The van der Waals surface area contributed by atoms with E-state index in [2.05, 4.69) is 41.5 Å². The molecule has 5 atom stereocenters. The Bertz CT molecular complexity index is 455. The van der Waals surface area contributed by atoms with Gasteiger partial charge in [0.05, 0.1) is 6.10 Å². The van der Waals surface area contributed by atoms with Crippen LogP contribution < -0.4 is 0 Å². The molecule has 146 valence electrons. The lowest BCUT2D eigenvalue weighted by Gasteiger charge is -2.41. The maximum absolute atomic E-state index is 6.47. The molecule has 0 amide bonds. The summed E-state index contributed by atoms with van der Waals surface area (Å²) in [6.07, 6.45) is 9.76. The van der Waals surface area contributed by atoms with Crippen molar-refractivity contribution in [3.8, 4) is 0 Å². The van der Waals surface area contributed by atoms with E-state index in [-0.39, 0.29) is 0 Å². The van der Waals surface area contributed by atoms with Gasteiger partial charge in [0.2, 0.25) is 0 Å². The third kappa shape index (κ3) is 3.81. The Morgan fingerprint density at radius 1 is 1.04 bits per heavy atom. The summed E-state index contributed by atoms with van der Waals surface area (Å²) < 4.78 is 12.3. The molecule has 3 saturated carbocycles. The highest BCUT2D eigenvalue weighted by atomic mass is 16.5. The number of hydrogen-bond donors (Lipinski definition) is 0. The summed E-state index contributed by atoms with van der Waals surface area (Å²) in [4.78, 5) is 0. The van der Waals surface area contributed by atoms with Crippen molar-refractivity contribution < 1.29 is 9.47 Å². The van der Waals surface area contributed by atoms with E-state index in [1.807, 2.05) is 0 Å². The average molecular weight is 351 g/mol. The molecule has 3 aliphatic rings. The highest BCUT2D eigenvalue weighted by Gasteiger charge is 2.62. The van der Waals surface area contributed by atoms with Crippen LogP contribution in [0.3, 0.4) is 0 Å². The van der Waals surface area contributed by atoms with Gasteiger partial charge in [-0.25, -0.2) is 0 Å². The van der Waals surface area contributed by atoms with Crippen molar-refractivity contribution in [2.45, 2.75) is 92.6 Å². The van der Waals surface area contributed by atoms with Crippen LogP contribution >= 0.6 is 0 Å². The first kappa shape index (κ1) is 19.7. The molecule has 0 aliphatic heterocycles. The van der Waals surface area contributed by atoms with E-state index in [0.717, 1.165) is 37.6 Å². The Balaban J connectivity index is 1.55. The minimum Gasteiger partial charge on any atom is -0.381 e. The van der Waals surface area contributed by atoms with Crippen LogP contribution in [0.25, 0.3) is 0 Å². The standard InChI is InChI=1S/C23H42O2/c1-7-24-16-18-14-23(9-8-20(18)22(23,5)6)10-11-25-19-12-17(2)13-21(3,4)15-19/h17-20H,7-16H2,1-6H3. The Morgan fingerprint density at radius 2 is 1.80 bits per heavy atom. The minimum atomic E-state index is 0.453. The molecule has 0 aromatic rings. The van der Waals surface area contributed by atoms with Gasteiger partial charge in [0, 0.05) is 19.8 Å². The zero-order valence-corrected chi connectivity index (χ0v) is 17.7. The lowest BCUT2D eigenvalue weighted by atomic mass is 9.67. The molecule has 3 aliphatic carbocycles. The van der Waals surface area contributed by atoms with Crippen LogP contribution in [0.2, 0.25) is 0 Å². The van der Waals surface area contributed by atoms with Gasteiger partial charge >= 0.3 is 0 Å². The van der Waals surface area contributed by atoms with Gasteiger partial charge in [-0.3, -0.25) is 0 Å². The Labute approximate surface area is 156 Å². The SMILES string of the molecule is CCOCC1CC2(CCOC3CC(C)CC(C)(C)C3)CCC1C2(C)C. The first-order valence-corrected chi connectivity index (χ1v) is 10.9. The van der Waals surface area contributed by atoms with Gasteiger partial charge in [-0.2, -0.15) is 0 Å². The molecule has 2 heteroatoms. The van der Waals surface area contributed by atoms with E-state index in [4.69, 9.17) is 9.47 Å². The van der Waals surface area contributed by atoms with E-state index < -0.39 is 0 Å². The van der Waals surface area contributed by atoms with Crippen molar-refractivity contribution >= 4 is 0 Å². The highest BCUT2D eigenvalue weighted by molar-refractivity contribution is 5.11. The molecular formula is C23H42O2. The minimum absolute atomic E-state index is 0.453. The largest absolute Gasteiger partial charge is 0.381 e. The normalized spacial score (nSPS) is 42.0. The molecule has 0 heterocycles. The summed E-state index contributed by atoms with van der Waals surface area (Å²) in [5.74, 6) is 2.44. The van der Waals surface area contributed by atoms with Gasteiger partial charge in [-0.1, -0.05) is 34.6 Å². The number of fused-ring (bicyclic) bond motifs is 2. The van der Waals surface area contributed by atoms with E-state index in [9.17, 15) is 0 Å². The third-order valence-corrected chi connectivity index (χ3v) is 8.27. The van der Waals surface area contributed by atoms with Crippen molar-refractivity contribution in [3.05, 3.63) is 0 Å². The lowest BCUT2D eigenvalue weighted by Crippen LogP contribution is -2.35. The van der Waals surface area contributed by atoms with Crippen LogP contribution in [-0.4, -0.2) is 25.9 Å². The van der Waals surface area contributed by atoms with Gasteiger partial charge < -0.3 is 9.47 Å². The summed E-state index contributed by atoms with van der Waals surface area (Å²) in [5.41, 5.74) is 1.40. The fraction of sp³-hybridized carbons (Fsp3) is 1.00. The second-order valence-corrected chi connectivity index (χ2v) is 10.9. The van der Waals surface area contributed by atoms with Crippen LogP contribution in [-0.2, 0) is 9.47 Å². The maximum Gasteiger partial charge on any atom is 0.0582 e.